The Bertz CT molecular complexity index is 670. The lowest BCUT2D eigenvalue weighted by molar-refractivity contribution is -0.116. The van der Waals surface area contributed by atoms with Crippen molar-refractivity contribution in [2.75, 3.05) is 6.79 Å². The molecule has 1 aromatic carbocycles. The molecule has 3 rings (SSSR count). The Labute approximate surface area is 111 Å². The molecule has 100 valence electrons. The SMILES string of the molecule is CC(=O)CCc1c(C)n(C)c2cc3c(cc12)OCO3. The Morgan fingerprint density at radius 1 is 1.32 bits per heavy atom. The molecular weight excluding hydrogens is 242 g/mol. The molecule has 2 heterocycles. The zero-order valence-corrected chi connectivity index (χ0v) is 11.4. The highest BCUT2D eigenvalue weighted by Crippen LogP contribution is 2.39. The van der Waals surface area contributed by atoms with Gasteiger partial charge in [0.25, 0.3) is 0 Å². The van der Waals surface area contributed by atoms with Crippen molar-refractivity contribution in [3.63, 3.8) is 0 Å². The quantitative estimate of drug-likeness (QED) is 0.851. The summed E-state index contributed by atoms with van der Waals surface area (Å²) in [6.07, 6.45) is 1.35. The van der Waals surface area contributed by atoms with Crippen LogP contribution in [-0.2, 0) is 18.3 Å². The zero-order valence-electron chi connectivity index (χ0n) is 11.4. The van der Waals surface area contributed by atoms with Gasteiger partial charge in [0.1, 0.15) is 5.78 Å². The molecule has 1 aliphatic rings. The van der Waals surface area contributed by atoms with E-state index >= 15 is 0 Å². The van der Waals surface area contributed by atoms with Crippen LogP contribution in [0.1, 0.15) is 24.6 Å². The average Bonchev–Trinajstić information content (AvgIpc) is 2.91. The number of carbonyl (C=O) groups excluding carboxylic acids is 1. The van der Waals surface area contributed by atoms with Crippen LogP contribution in [0.2, 0.25) is 0 Å². The van der Waals surface area contributed by atoms with E-state index < -0.39 is 0 Å². The molecule has 0 aliphatic carbocycles. The Kier molecular flexibility index (Phi) is 2.73. The maximum atomic E-state index is 11.2. The van der Waals surface area contributed by atoms with Crippen LogP contribution in [0.4, 0.5) is 0 Å². The number of hydrogen-bond acceptors (Lipinski definition) is 3. The number of Topliss-reactive ketones (excluding diaryl/α,β-unsaturated/α-hetero) is 1. The highest BCUT2D eigenvalue weighted by Gasteiger charge is 2.19. The van der Waals surface area contributed by atoms with E-state index in [1.165, 1.54) is 11.3 Å². The summed E-state index contributed by atoms with van der Waals surface area (Å²) < 4.78 is 13.0. The number of nitrogens with zero attached hydrogens (tertiary/aromatic N) is 1. The molecular formula is C15H17NO3. The second-order valence-electron chi connectivity index (χ2n) is 5.05. The Hall–Kier alpha value is -1.97. The number of ketones is 1. The van der Waals surface area contributed by atoms with Crippen molar-refractivity contribution in [2.45, 2.75) is 26.7 Å². The van der Waals surface area contributed by atoms with Gasteiger partial charge in [0.2, 0.25) is 6.79 Å². The summed E-state index contributed by atoms with van der Waals surface area (Å²) in [5.74, 6) is 1.81. The molecule has 4 heteroatoms. The lowest BCUT2D eigenvalue weighted by Crippen LogP contribution is -1.97. The van der Waals surface area contributed by atoms with E-state index in [0.29, 0.717) is 6.42 Å². The molecule has 0 spiro atoms. The minimum atomic E-state index is 0.220. The number of ether oxygens (including phenoxy) is 2. The van der Waals surface area contributed by atoms with Crippen LogP contribution in [0.5, 0.6) is 11.5 Å². The predicted molar refractivity (Wildman–Crippen MR) is 72.8 cm³/mol. The fourth-order valence-corrected chi connectivity index (χ4v) is 2.65. The van der Waals surface area contributed by atoms with Crippen LogP contribution < -0.4 is 9.47 Å². The van der Waals surface area contributed by atoms with Crippen LogP contribution in [0.25, 0.3) is 10.9 Å². The summed E-state index contributed by atoms with van der Waals surface area (Å²) in [6.45, 7) is 4.00. The summed E-state index contributed by atoms with van der Waals surface area (Å²) in [7, 11) is 2.04. The molecule has 0 atom stereocenters. The Balaban J connectivity index is 2.15. The topological polar surface area (TPSA) is 40.5 Å². The molecule has 4 nitrogen and oxygen atoms in total. The first kappa shape index (κ1) is 12.1. The minimum absolute atomic E-state index is 0.220. The van der Waals surface area contributed by atoms with E-state index in [9.17, 15) is 4.79 Å². The van der Waals surface area contributed by atoms with Crippen molar-refractivity contribution in [3.05, 3.63) is 23.4 Å². The molecule has 1 aromatic heterocycles. The molecule has 0 radical (unpaired) electrons. The average molecular weight is 259 g/mol. The molecule has 19 heavy (non-hydrogen) atoms. The number of fused-ring (bicyclic) bond motifs is 2. The largest absolute Gasteiger partial charge is 0.454 e. The van der Waals surface area contributed by atoms with Crippen molar-refractivity contribution in [1.82, 2.24) is 4.57 Å². The first-order chi connectivity index (χ1) is 9.08. The van der Waals surface area contributed by atoms with E-state index in [2.05, 4.69) is 11.5 Å². The first-order valence-corrected chi connectivity index (χ1v) is 6.45. The van der Waals surface area contributed by atoms with Gasteiger partial charge in [-0.15, -0.1) is 0 Å². The molecule has 0 N–H and O–H groups in total. The molecule has 0 bridgehead atoms. The second-order valence-corrected chi connectivity index (χ2v) is 5.05. The highest BCUT2D eigenvalue weighted by molar-refractivity contribution is 5.89. The third kappa shape index (κ3) is 1.87. The van der Waals surface area contributed by atoms with Crippen molar-refractivity contribution in [3.8, 4) is 11.5 Å². The monoisotopic (exact) mass is 259 g/mol. The van der Waals surface area contributed by atoms with Crippen LogP contribution in [0.15, 0.2) is 12.1 Å². The van der Waals surface area contributed by atoms with Crippen molar-refractivity contribution >= 4 is 16.7 Å². The first-order valence-electron chi connectivity index (χ1n) is 6.45. The number of rotatable bonds is 3. The molecule has 0 unspecified atom stereocenters. The van der Waals surface area contributed by atoms with Gasteiger partial charge in [0.05, 0.1) is 5.52 Å². The maximum absolute atomic E-state index is 11.2. The number of aromatic nitrogens is 1. The molecule has 0 fully saturated rings. The fourth-order valence-electron chi connectivity index (χ4n) is 2.65. The van der Waals surface area contributed by atoms with Gasteiger partial charge >= 0.3 is 0 Å². The molecule has 0 saturated carbocycles. The summed E-state index contributed by atoms with van der Waals surface area (Å²) in [5, 5.41) is 1.16. The Morgan fingerprint density at radius 2 is 2.00 bits per heavy atom. The Morgan fingerprint density at radius 3 is 2.68 bits per heavy atom. The van der Waals surface area contributed by atoms with Crippen molar-refractivity contribution in [2.24, 2.45) is 7.05 Å². The summed E-state index contributed by atoms with van der Waals surface area (Å²) >= 11 is 0. The van der Waals surface area contributed by atoms with Gasteiger partial charge in [-0.25, -0.2) is 0 Å². The van der Waals surface area contributed by atoms with E-state index in [4.69, 9.17) is 9.47 Å². The number of aryl methyl sites for hydroxylation is 2. The van der Waals surface area contributed by atoms with E-state index in [1.54, 1.807) is 6.92 Å². The molecule has 1 aliphatic heterocycles. The van der Waals surface area contributed by atoms with Gasteiger partial charge < -0.3 is 18.8 Å². The van der Waals surface area contributed by atoms with Gasteiger partial charge in [-0.3, -0.25) is 0 Å². The second kappa shape index (κ2) is 4.30. The van der Waals surface area contributed by atoms with Crippen LogP contribution in [0, 0.1) is 6.92 Å². The van der Waals surface area contributed by atoms with Gasteiger partial charge in [0.15, 0.2) is 11.5 Å². The normalized spacial score (nSPS) is 13.2. The lowest BCUT2D eigenvalue weighted by Gasteiger charge is -2.00. The number of benzene rings is 1. The fraction of sp³-hybridized carbons (Fsp3) is 0.400. The standard InChI is InChI=1S/C15H17NO3/c1-9(17)4-5-11-10(2)16(3)13-7-15-14(6-12(11)13)18-8-19-15/h6-7H,4-5,8H2,1-3H3. The zero-order chi connectivity index (χ0) is 13.6. The third-order valence-corrected chi connectivity index (χ3v) is 3.84. The summed E-state index contributed by atoms with van der Waals surface area (Å²) in [5.41, 5.74) is 3.55. The molecule has 2 aromatic rings. The van der Waals surface area contributed by atoms with Crippen molar-refractivity contribution in [1.29, 1.82) is 0 Å². The summed E-state index contributed by atoms with van der Waals surface area (Å²) in [4.78, 5) is 11.2. The molecule has 0 amide bonds. The maximum Gasteiger partial charge on any atom is 0.231 e. The van der Waals surface area contributed by atoms with Gasteiger partial charge in [-0.05, 0) is 31.9 Å². The van der Waals surface area contributed by atoms with Gasteiger partial charge in [-0.1, -0.05) is 0 Å². The minimum Gasteiger partial charge on any atom is -0.454 e. The summed E-state index contributed by atoms with van der Waals surface area (Å²) in [6, 6.07) is 4.04. The third-order valence-electron chi connectivity index (χ3n) is 3.84. The van der Waals surface area contributed by atoms with E-state index in [1.807, 2.05) is 19.2 Å². The van der Waals surface area contributed by atoms with E-state index in [0.717, 1.165) is 28.8 Å². The lowest BCUT2D eigenvalue weighted by atomic mass is 10.0. The number of carbonyl (C=O) groups is 1. The molecule has 0 saturated heterocycles. The van der Waals surface area contributed by atoms with Crippen LogP contribution in [0.3, 0.4) is 0 Å². The van der Waals surface area contributed by atoms with E-state index in [-0.39, 0.29) is 12.6 Å². The van der Waals surface area contributed by atoms with Crippen molar-refractivity contribution < 1.29 is 14.3 Å². The smallest absolute Gasteiger partial charge is 0.231 e. The highest BCUT2D eigenvalue weighted by atomic mass is 16.7. The van der Waals surface area contributed by atoms with Gasteiger partial charge in [0, 0.05) is 30.6 Å². The van der Waals surface area contributed by atoms with Crippen LogP contribution in [-0.4, -0.2) is 17.1 Å². The predicted octanol–water partition coefficient (Wildman–Crippen LogP) is 2.74. The van der Waals surface area contributed by atoms with Gasteiger partial charge in [-0.2, -0.15) is 0 Å². The number of hydrogen-bond donors (Lipinski definition) is 0. The van der Waals surface area contributed by atoms with Crippen LogP contribution >= 0.6 is 0 Å².